The molecule has 1 fully saturated rings. The fraction of sp³-hybridized carbons (Fsp3) is 0.619. The molecule has 168 valence electrons. The zero-order valence-electron chi connectivity index (χ0n) is 17.2. The molecule has 0 radical (unpaired) electrons. The van der Waals surface area contributed by atoms with Crippen molar-refractivity contribution >= 4 is 23.9 Å². The van der Waals surface area contributed by atoms with Crippen LogP contribution in [0, 0.1) is 0 Å². The van der Waals surface area contributed by atoms with Crippen molar-refractivity contribution < 1.29 is 42.9 Å². The molecule has 0 aliphatic carbocycles. The fourth-order valence-electron chi connectivity index (χ4n) is 2.58. The number of hydrogen-bond acceptors (Lipinski definition) is 9. The van der Waals surface area contributed by atoms with Crippen molar-refractivity contribution in [1.82, 2.24) is 0 Å². The summed E-state index contributed by atoms with van der Waals surface area (Å²) in [5.74, 6) is -1.76. The summed E-state index contributed by atoms with van der Waals surface area (Å²) in [6, 6.07) is 0. The zero-order chi connectivity index (χ0) is 22.2. The van der Waals surface area contributed by atoms with Gasteiger partial charge in [0, 0.05) is 37.8 Å². The van der Waals surface area contributed by atoms with Gasteiger partial charge in [0.05, 0.1) is 19.8 Å². The summed E-state index contributed by atoms with van der Waals surface area (Å²) in [4.78, 5) is 45.6. The van der Waals surface area contributed by atoms with Gasteiger partial charge in [-0.1, -0.05) is 13.2 Å². The number of hydrogen-bond donors (Lipinski definition) is 0. The lowest BCUT2D eigenvalue weighted by molar-refractivity contribution is -0.202. The van der Waals surface area contributed by atoms with E-state index in [1.54, 1.807) is 0 Å². The summed E-state index contributed by atoms with van der Waals surface area (Å²) in [5.41, 5.74) is 0. The summed E-state index contributed by atoms with van der Waals surface area (Å²) in [6.45, 7) is 7.36. The van der Waals surface area contributed by atoms with Gasteiger partial charge < -0.3 is 23.7 Å². The SMILES string of the molecule is C=CC(=O)OCCCCC(=O)OC1C[C@H](OC(=O)CCCCOC(=O)C=C)CCO1. The summed E-state index contributed by atoms with van der Waals surface area (Å²) >= 11 is 0. The van der Waals surface area contributed by atoms with Gasteiger partial charge in [0.25, 0.3) is 0 Å². The van der Waals surface area contributed by atoms with Gasteiger partial charge in [-0.25, -0.2) is 9.59 Å². The normalized spacial score (nSPS) is 18.0. The van der Waals surface area contributed by atoms with Crippen molar-refractivity contribution in [1.29, 1.82) is 0 Å². The molecule has 1 rings (SSSR count). The van der Waals surface area contributed by atoms with E-state index in [0.29, 0.717) is 38.7 Å². The quantitative estimate of drug-likeness (QED) is 0.179. The van der Waals surface area contributed by atoms with E-state index in [2.05, 4.69) is 13.2 Å². The highest BCUT2D eigenvalue weighted by molar-refractivity contribution is 5.81. The monoisotopic (exact) mass is 426 g/mol. The first-order valence-corrected chi connectivity index (χ1v) is 10.0. The van der Waals surface area contributed by atoms with Crippen LogP contribution < -0.4 is 0 Å². The van der Waals surface area contributed by atoms with Gasteiger partial charge in [0.2, 0.25) is 6.29 Å². The van der Waals surface area contributed by atoms with Gasteiger partial charge in [-0.15, -0.1) is 0 Å². The van der Waals surface area contributed by atoms with Gasteiger partial charge in [0.1, 0.15) is 6.10 Å². The van der Waals surface area contributed by atoms with Gasteiger partial charge in [-0.3, -0.25) is 9.59 Å². The van der Waals surface area contributed by atoms with E-state index in [-0.39, 0.29) is 44.5 Å². The van der Waals surface area contributed by atoms with Crippen molar-refractivity contribution in [3.8, 4) is 0 Å². The first-order chi connectivity index (χ1) is 14.4. The van der Waals surface area contributed by atoms with Crippen LogP contribution >= 0.6 is 0 Å². The maximum Gasteiger partial charge on any atom is 0.330 e. The van der Waals surface area contributed by atoms with Crippen LogP contribution in [-0.2, 0) is 42.9 Å². The van der Waals surface area contributed by atoms with Crippen molar-refractivity contribution in [2.45, 2.75) is 63.8 Å². The highest BCUT2D eigenvalue weighted by atomic mass is 16.7. The highest BCUT2D eigenvalue weighted by Crippen LogP contribution is 2.19. The molecule has 1 aliphatic rings. The number of ether oxygens (including phenoxy) is 5. The summed E-state index contributed by atoms with van der Waals surface area (Å²) in [7, 11) is 0. The maximum absolute atomic E-state index is 11.9. The topological polar surface area (TPSA) is 114 Å². The molecule has 1 heterocycles. The molecule has 30 heavy (non-hydrogen) atoms. The summed E-state index contributed by atoms with van der Waals surface area (Å²) < 4.78 is 25.7. The number of carbonyl (C=O) groups is 4. The minimum atomic E-state index is -0.749. The summed E-state index contributed by atoms with van der Waals surface area (Å²) in [5, 5.41) is 0. The average molecular weight is 426 g/mol. The largest absolute Gasteiger partial charge is 0.463 e. The Kier molecular flexibility index (Phi) is 12.8. The van der Waals surface area contributed by atoms with E-state index in [9.17, 15) is 19.2 Å². The second-order valence-corrected chi connectivity index (χ2v) is 6.58. The highest BCUT2D eigenvalue weighted by Gasteiger charge is 2.28. The molecule has 0 N–H and O–H groups in total. The molecule has 0 amide bonds. The number of rotatable bonds is 14. The number of esters is 4. The van der Waals surface area contributed by atoms with Crippen LogP contribution in [0.25, 0.3) is 0 Å². The van der Waals surface area contributed by atoms with Crippen LogP contribution in [0.4, 0.5) is 0 Å². The van der Waals surface area contributed by atoms with E-state index in [1.165, 1.54) is 0 Å². The second kappa shape index (κ2) is 15.2. The van der Waals surface area contributed by atoms with E-state index >= 15 is 0 Å². The molecule has 2 atom stereocenters. The predicted molar refractivity (Wildman–Crippen MR) is 105 cm³/mol. The van der Waals surface area contributed by atoms with Gasteiger partial charge in [0.15, 0.2) is 0 Å². The van der Waals surface area contributed by atoms with E-state index in [4.69, 9.17) is 23.7 Å². The van der Waals surface area contributed by atoms with E-state index in [1.807, 2.05) is 0 Å². The van der Waals surface area contributed by atoms with Gasteiger partial charge in [-0.05, 0) is 25.7 Å². The number of unbranched alkanes of at least 4 members (excludes halogenated alkanes) is 2. The molecule has 1 saturated heterocycles. The van der Waals surface area contributed by atoms with Crippen molar-refractivity contribution in [3.63, 3.8) is 0 Å². The van der Waals surface area contributed by atoms with Gasteiger partial charge >= 0.3 is 23.9 Å². The molecule has 0 aromatic heterocycles. The first-order valence-electron chi connectivity index (χ1n) is 10.0. The first kappa shape index (κ1) is 25.4. The van der Waals surface area contributed by atoms with Crippen LogP contribution in [-0.4, -0.2) is 56.1 Å². The molecule has 9 heteroatoms. The lowest BCUT2D eigenvalue weighted by Gasteiger charge is -2.28. The molecule has 0 aromatic carbocycles. The third-order valence-electron chi connectivity index (χ3n) is 4.13. The van der Waals surface area contributed by atoms with E-state index < -0.39 is 24.2 Å². The molecule has 0 bridgehead atoms. The smallest absolute Gasteiger partial charge is 0.330 e. The molecule has 1 aliphatic heterocycles. The van der Waals surface area contributed by atoms with Crippen molar-refractivity contribution in [2.24, 2.45) is 0 Å². The van der Waals surface area contributed by atoms with Crippen molar-refractivity contribution in [3.05, 3.63) is 25.3 Å². The molecule has 1 unspecified atom stereocenters. The minimum Gasteiger partial charge on any atom is -0.463 e. The van der Waals surface area contributed by atoms with Crippen molar-refractivity contribution in [2.75, 3.05) is 19.8 Å². The average Bonchev–Trinajstić information content (AvgIpc) is 2.73. The third-order valence-corrected chi connectivity index (χ3v) is 4.13. The molecule has 9 nitrogen and oxygen atoms in total. The number of carbonyl (C=O) groups excluding carboxylic acids is 4. The lowest BCUT2D eigenvalue weighted by atomic mass is 10.1. The summed E-state index contributed by atoms with van der Waals surface area (Å²) in [6.07, 6.45) is 4.38. The Hall–Kier alpha value is -2.68. The molecular weight excluding hydrogens is 396 g/mol. The Morgan fingerprint density at radius 2 is 1.37 bits per heavy atom. The Bertz CT molecular complexity index is 549. The Morgan fingerprint density at radius 3 is 1.90 bits per heavy atom. The predicted octanol–water partition coefficient (Wildman–Crippen LogP) is 2.38. The Labute approximate surface area is 176 Å². The lowest BCUT2D eigenvalue weighted by Crippen LogP contribution is -2.35. The molecule has 0 spiro atoms. The van der Waals surface area contributed by atoms with Crippen LogP contribution in [0.15, 0.2) is 25.3 Å². The van der Waals surface area contributed by atoms with Gasteiger partial charge in [-0.2, -0.15) is 0 Å². The zero-order valence-corrected chi connectivity index (χ0v) is 17.2. The fourth-order valence-corrected chi connectivity index (χ4v) is 2.58. The van der Waals surface area contributed by atoms with E-state index in [0.717, 1.165) is 12.2 Å². The van der Waals surface area contributed by atoms with Crippen LogP contribution in [0.1, 0.15) is 51.4 Å². The molecule has 0 aromatic rings. The second-order valence-electron chi connectivity index (χ2n) is 6.58. The minimum absolute atomic E-state index is 0.173. The van der Waals surface area contributed by atoms with Crippen LogP contribution in [0.2, 0.25) is 0 Å². The third kappa shape index (κ3) is 12.0. The standard InChI is InChI=1S/C21H30O9/c1-3-17(22)26-12-7-5-9-19(24)29-16-11-14-28-21(15-16)30-20(25)10-6-8-13-27-18(23)4-2/h3-4,16,21H,1-2,5-15H2/t16-,21?/m1/s1. The van der Waals surface area contributed by atoms with Crippen LogP contribution in [0.5, 0.6) is 0 Å². The maximum atomic E-state index is 11.9. The Balaban J connectivity index is 2.15. The Morgan fingerprint density at radius 1 is 0.833 bits per heavy atom. The molecular formula is C21H30O9. The van der Waals surface area contributed by atoms with Crippen LogP contribution in [0.3, 0.4) is 0 Å². The molecule has 0 saturated carbocycles.